The van der Waals surface area contributed by atoms with Crippen LogP contribution in [0.15, 0.2) is 12.1 Å². The first-order valence-electron chi connectivity index (χ1n) is 14.4. The van der Waals surface area contributed by atoms with Gasteiger partial charge in [-0.25, -0.2) is 13.2 Å². The van der Waals surface area contributed by atoms with Crippen LogP contribution in [-0.2, 0) is 0 Å². The number of nitrogen functional groups attached to an aromatic ring is 1. The van der Waals surface area contributed by atoms with E-state index in [9.17, 15) is 14.0 Å². The van der Waals surface area contributed by atoms with Gasteiger partial charge in [-0.05, 0) is 38.1 Å². The van der Waals surface area contributed by atoms with Crippen LogP contribution >= 0.6 is 22.9 Å². The number of alkyl halides is 1. The van der Waals surface area contributed by atoms with E-state index in [0.717, 1.165) is 30.7 Å². The molecule has 7 rings (SSSR count). The summed E-state index contributed by atoms with van der Waals surface area (Å²) in [5.41, 5.74) is 5.65. The molecule has 2 aromatic carbocycles. The summed E-state index contributed by atoms with van der Waals surface area (Å²) in [5.74, 6) is -0.801. The largest absolute Gasteiger partial charge is 0.489 e. The molecule has 44 heavy (non-hydrogen) atoms. The van der Waals surface area contributed by atoms with Gasteiger partial charge in [-0.2, -0.15) is 15.2 Å². The van der Waals surface area contributed by atoms with Crippen molar-refractivity contribution in [1.29, 1.82) is 5.26 Å². The monoisotopic (exact) mass is 643 g/mol. The summed E-state index contributed by atoms with van der Waals surface area (Å²) in [4.78, 5) is 13.3. The van der Waals surface area contributed by atoms with Crippen molar-refractivity contribution in [3.8, 4) is 29.0 Å². The average molecular weight is 644 g/mol. The number of nitriles is 1. The number of nitrogens with zero attached hydrogens (tertiary/aromatic N) is 5. The molecule has 230 valence electrons. The molecule has 5 heterocycles. The molecule has 0 bridgehead atoms. The van der Waals surface area contributed by atoms with Gasteiger partial charge in [-0.1, -0.05) is 17.7 Å². The third kappa shape index (κ3) is 4.50. The number of halogens is 4. The molecule has 0 aliphatic carbocycles. The van der Waals surface area contributed by atoms with Gasteiger partial charge in [0.25, 0.3) is 0 Å². The number of rotatable bonds is 7. The van der Waals surface area contributed by atoms with E-state index in [-0.39, 0.29) is 72.7 Å². The van der Waals surface area contributed by atoms with Gasteiger partial charge in [-0.15, -0.1) is 11.3 Å². The molecule has 2 saturated heterocycles. The third-order valence-electron chi connectivity index (χ3n) is 8.91. The highest BCUT2D eigenvalue weighted by Crippen LogP contribution is 2.50. The lowest BCUT2D eigenvalue weighted by molar-refractivity contribution is 0.107. The van der Waals surface area contributed by atoms with Gasteiger partial charge in [0.2, 0.25) is 0 Å². The Morgan fingerprint density at radius 3 is 2.93 bits per heavy atom. The molecule has 0 radical (unpaired) electrons. The quantitative estimate of drug-likeness (QED) is 0.278. The lowest BCUT2D eigenvalue weighted by Crippen LogP contribution is -2.43. The maximum Gasteiger partial charge on any atom is 0.319 e. The molecule has 0 saturated carbocycles. The number of fused-ring (bicyclic) bond motifs is 2. The number of likely N-dealkylation sites (N-methyl/N-ethyl adjacent to an activating group) is 1. The Morgan fingerprint density at radius 1 is 1.30 bits per heavy atom. The fraction of sp³-hybridized carbons (Fsp3) is 0.433. The second-order valence-electron chi connectivity index (χ2n) is 11.4. The molecule has 0 amide bonds. The van der Waals surface area contributed by atoms with Crippen molar-refractivity contribution in [2.45, 2.75) is 31.0 Å². The van der Waals surface area contributed by atoms with E-state index in [1.807, 2.05) is 18.0 Å². The van der Waals surface area contributed by atoms with E-state index in [1.165, 1.54) is 12.1 Å². The van der Waals surface area contributed by atoms with Crippen LogP contribution in [0, 0.1) is 23.0 Å². The molecular formula is C30H29ClF3N7O2S. The molecule has 4 aromatic rings. The number of nitrogens with two attached hydrogens (primary N) is 1. The zero-order valence-corrected chi connectivity index (χ0v) is 25.4. The standard InChI is InChI=1S/C30H29ClF3N7O2S/c1-37-6-8-40-9-10-42-25-21-24(38-29(39-28(21)40)43-14-30-5-2-7-41(30)13-15(32)11-30)23(34)20(22(25)31)16-3-4-18(33)26-19(16)17(12-35)27(36)44-26/h3-4,15,37H,2,5-11,13-14,36H2,1H3/t15-,30+/m1/s1. The Balaban J connectivity index is 1.44. The van der Waals surface area contributed by atoms with Crippen LogP contribution in [-0.4, -0.2) is 79.6 Å². The Bertz CT molecular complexity index is 1850. The third-order valence-corrected chi connectivity index (χ3v) is 10.3. The van der Waals surface area contributed by atoms with E-state index in [4.69, 9.17) is 31.8 Å². The van der Waals surface area contributed by atoms with E-state index < -0.39 is 23.3 Å². The summed E-state index contributed by atoms with van der Waals surface area (Å²) in [7, 11) is 1.83. The summed E-state index contributed by atoms with van der Waals surface area (Å²) in [6.07, 6.45) is 1.16. The fourth-order valence-corrected chi connectivity index (χ4v) is 8.17. The number of hydrogen-bond donors (Lipinski definition) is 2. The maximum atomic E-state index is 16.9. The summed E-state index contributed by atoms with van der Waals surface area (Å²) >= 11 is 7.84. The zero-order valence-electron chi connectivity index (χ0n) is 23.9. The van der Waals surface area contributed by atoms with Crippen molar-refractivity contribution < 1.29 is 22.6 Å². The predicted molar refractivity (Wildman–Crippen MR) is 165 cm³/mol. The van der Waals surface area contributed by atoms with Crippen molar-refractivity contribution >= 4 is 54.7 Å². The van der Waals surface area contributed by atoms with Gasteiger partial charge in [0, 0.05) is 37.0 Å². The highest BCUT2D eigenvalue weighted by molar-refractivity contribution is 7.23. The molecular weight excluding hydrogens is 615 g/mol. The number of ether oxygens (including phenoxy) is 2. The van der Waals surface area contributed by atoms with Crippen LogP contribution in [0.2, 0.25) is 5.02 Å². The topological polar surface area (TPSA) is 113 Å². The van der Waals surface area contributed by atoms with Crippen LogP contribution in [0.3, 0.4) is 0 Å². The van der Waals surface area contributed by atoms with E-state index in [1.54, 1.807) is 0 Å². The molecule has 0 unspecified atom stereocenters. The van der Waals surface area contributed by atoms with Crippen molar-refractivity contribution in [1.82, 2.24) is 20.2 Å². The van der Waals surface area contributed by atoms with Crippen molar-refractivity contribution in [2.75, 3.05) is 63.6 Å². The molecule has 9 nitrogen and oxygen atoms in total. The van der Waals surface area contributed by atoms with Gasteiger partial charge in [0.05, 0.1) is 32.8 Å². The molecule has 0 spiro atoms. The van der Waals surface area contributed by atoms with Crippen LogP contribution < -0.4 is 25.4 Å². The van der Waals surface area contributed by atoms with Gasteiger partial charge in [-0.3, -0.25) is 4.90 Å². The molecule has 3 N–H and O–H groups in total. The summed E-state index contributed by atoms with van der Waals surface area (Å²) in [6, 6.07) is 4.55. The minimum Gasteiger partial charge on any atom is -0.489 e. The van der Waals surface area contributed by atoms with Crippen molar-refractivity contribution in [2.24, 2.45) is 0 Å². The maximum absolute atomic E-state index is 16.9. The van der Waals surface area contributed by atoms with Crippen molar-refractivity contribution in [3.63, 3.8) is 0 Å². The lowest BCUT2D eigenvalue weighted by atomic mass is 9.95. The SMILES string of the molecule is CNCCN1CCOc2c(Cl)c(-c3ccc(F)c4sc(N)c(C#N)c34)c(F)c3nc(OC[C@@]45CCCN4C[C@H](F)C5)nc1c23. The number of thiophene rings is 1. The van der Waals surface area contributed by atoms with Crippen LogP contribution in [0.25, 0.3) is 32.1 Å². The first kappa shape index (κ1) is 29.2. The van der Waals surface area contributed by atoms with Gasteiger partial charge >= 0.3 is 6.01 Å². The molecule has 3 aliphatic heterocycles. The molecule has 2 aromatic heterocycles. The van der Waals surface area contributed by atoms with Crippen LogP contribution in [0.1, 0.15) is 24.8 Å². The second kappa shape index (κ2) is 11.1. The average Bonchev–Trinajstić information content (AvgIpc) is 3.60. The number of hydrogen-bond acceptors (Lipinski definition) is 10. The first-order chi connectivity index (χ1) is 21.3. The number of aromatic nitrogens is 2. The van der Waals surface area contributed by atoms with Crippen LogP contribution in [0.5, 0.6) is 11.8 Å². The Morgan fingerprint density at radius 2 is 2.14 bits per heavy atom. The fourth-order valence-electron chi connectivity index (χ4n) is 6.88. The number of anilines is 2. The summed E-state index contributed by atoms with van der Waals surface area (Å²) in [6.45, 7) is 3.13. The summed E-state index contributed by atoms with van der Waals surface area (Å²) in [5, 5.41) is 13.5. The molecule has 3 aliphatic rings. The Hall–Kier alpha value is -3.57. The minimum absolute atomic E-state index is 0.0376. The van der Waals surface area contributed by atoms with Gasteiger partial charge in [0.15, 0.2) is 11.6 Å². The highest BCUT2D eigenvalue weighted by Gasteiger charge is 2.49. The summed E-state index contributed by atoms with van der Waals surface area (Å²) < 4.78 is 58.7. The number of benzene rings is 2. The highest BCUT2D eigenvalue weighted by atomic mass is 35.5. The molecule has 2 atom stereocenters. The van der Waals surface area contributed by atoms with E-state index in [2.05, 4.69) is 15.2 Å². The van der Waals surface area contributed by atoms with Gasteiger partial charge in [0.1, 0.15) is 47.6 Å². The smallest absolute Gasteiger partial charge is 0.319 e. The minimum atomic E-state index is -0.933. The van der Waals surface area contributed by atoms with Crippen molar-refractivity contribution in [3.05, 3.63) is 34.4 Å². The lowest BCUT2D eigenvalue weighted by Gasteiger charge is -2.31. The van der Waals surface area contributed by atoms with E-state index >= 15 is 4.39 Å². The van der Waals surface area contributed by atoms with Gasteiger partial charge < -0.3 is 25.4 Å². The normalized spacial score (nSPS) is 21.5. The predicted octanol–water partition coefficient (Wildman–Crippen LogP) is 5.27. The first-order valence-corrected chi connectivity index (χ1v) is 15.6. The second-order valence-corrected chi connectivity index (χ2v) is 12.9. The Labute approximate surface area is 260 Å². The molecule has 14 heteroatoms. The number of nitrogens with one attached hydrogen (secondary N) is 1. The zero-order chi connectivity index (χ0) is 30.7. The Kier molecular flexibility index (Phi) is 7.36. The van der Waals surface area contributed by atoms with Crippen LogP contribution in [0.4, 0.5) is 24.0 Å². The van der Waals surface area contributed by atoms with E-state index in [0.29, 0.717) is 38.4 Å². The molecule has 2 fully saturated rings.